The van der Waals surface area contributed by atoms with Crippen molar-refractivity contribution in [3.8, 4) is 23.2 Å². The van der Waals surface area contributed by atoms with E-state index in [1.165, 1.54) is 17.0 Å². The molecule has 6 heterocycles. The number of aliphatic hydroxyl groups excluding tert-OH is 1. The van der Waals surface area contributed by atoms with E-state index in [0.717, 1.165) is 11.3 Å². The second-order valence-corrected chi connectivity index (χ2v) is 16.4. The number of nitrogens with zero attached hydrogens (tertiary/aromatic N) is 6. The fraction of sp³-hybridized carbons (Fsp3) is 0.486. The highest BCUT2D eigenvalue weighted by Gasteiger charge is 2.44. The van der Waals surface area contributed by atoms with Crippen LogP contribution in [0.3, 0.4) is 0 Å². The van der Waals surface area contributed by atoms with E-state index in [-0.39, 0.29) is 89.6 Å². The zero-order valence-electron chi connectivity index (χ0n) is 30.1. The fourth-order valence-electron chi connectivity index (χ4n) is 8.33. The number of carboxylic acid groups (broad SMARTS) is 1. The van der Waals surface area contributed by atoms with E-state index < -0.39 is 35.5 Å². The summed E-state index contributed by atoms with van der Waals surface area (Å²) < 4.78 is 51.9. The quantitative estimate of drug-likeness (QED) is 0.215. The van der Waals surface area contributed by atoms with E-state index in [9.17, 15) is 25.1 Å². The molecule has 4 aliphatic heterocycles. The number of β-amino-alcohol motifs (C(OH)–C–C–N with tert-alkyl or cyclic N) is 1. The molecule has 0 saturated carbocycles. The number of piperazine rings is 1. The van der Waals surface area contributed by atoms with Crippen LogP contribution in [0.1, 0.15) is 56.7 Å². The van der Waals surface area contributed by atoms with Gasteiger partial charge in [-0.25, -0.2) is 18.4 Å². The molecule has 3 fully saturated rings. The van der Waals surface area contributed by atoms with Crippen molar-refractivity contribution in [2.75, 3.05) is 43.5 Å². The molecule has 4 atom stereocenters. The molecule has 2 amide bonds. The molecule has 54 heavy (non-hydrogen) atoms. The standard InChI is InChI=1S/C37H39F2N7O7S/c1-37(2,3)53-35(48)43-33-21(10-40)26-25(54-33)8-7-24(38)29(26)27-22-15-51-16-23(22)28-31(30(27)39)41-34(52-14-19-9-20(47)13-44(19)4)42-32(28)46-17-5-6-18(46)12-45(11-17)36(49)50/h7-8,17-20,47H,5-6,9,11-16H2,1-4H3,(H,43,48)(H,49,50)/t17?,18?,19-,20+/m0/s1. The zero-order valence-corrected chi connectivity index (χ0v) is 30.9. The van der Waals surface area contributed by atoms with Crippen LogP contribution in [0.4, 0.5) is 29.2 Å². The number of amides is 2. The van der Waals surface area contributed by atoms with Crippen molar-refractivity contribution in [2.24, 2.45) is 0 Å². The Morgan fingerprint density at radius 3 is 2.46 bits per heavy atom. The summed E-state index contributed by atoms with van der Waals surface area (Å²) in [6.45, 7) is 6.14. The summed E-state index contributed by atoms with van der Waals surface area (Å²) in [5, 5.41) is 33.6. The van der Waals surface area contributed by atoms with Crippen molar-refractivity contribution in [1.29, 1.82) is 5.26 Å². The summed E-state index contributed by atoms with van der Waals surface area (Å²) in [7, 11) is 1.87. The van der Waals surface area contributed by atoms with Gasteiger partial charge in [-0.15, -0.1) is 11.3 Å². The van der Waals surface area contributed by atoms with Crippen molar-refractivity contribution in [3.63, 3.8) is 0 Å². The van der Waals surface area contributed by atoms with Gasteiger partial charge in [0.05, 0.1) is 30.3 Å². The number of hydrogen-bond donors (Lipinski definition) is 3. The van der Waals surface area contributed by atoms with Gasteiger partial charge < -0.3 is 34.2 Å². The van der Waals surface area contributed by atoms with E-state index in [4.69, 9.17) is 19.2 Å². The number of likely N-dealkylation sites (N-methyl/N-ethyl adjacent to an activating group) is 1. The predicted octanol–water partition coefficient (Wildman–Crippen LogP) is 5.81. The highest BCUT2D eigenvalue weighted by Crippen LogP contribution is 2.49. The first kappa shape index (κ1) is 36.1. The van der Waals surface area contributed by atoms with Gasteiger partial charge in [-0.1, -0.05) is 0 Å². The molecule has 4 aliphatic rings. The number of ether oxygens (including phenoxy) is 3. The van der Waals surface area contributed by atoms with E-state index in [0.29, 0.717) is 52.8 Å². The Bertz CT molecular complexity index is 2240. The number of nitriles is 1. The number of likely N-dealkylation sites (tertiary alicyclic amines) is 2. The number of carbonyl (C=O) groups is 2. The van der Waals surface area contributed by atoms with E-state index >= 15 is 8.78 Å². The Morgan fingerprint density at radius 1 is 1.09 bits per heavy atom. The van der Waals surface area contributed by atoms with Crippen molar-refractivity contribution in [1.82, 2.24) is 19.8 Å². The molecule has 8 rings (SSSR count). The fourth-order valence-corrected chi connectivity index (χ4v) is 9.37. The number of nitrogens with one attached hydrogen (secondary N) is 1. The number of halogens is 2. The molecule has 0 spiro atoms. The Hall–Kier alpha value is -4.89. The van der Waals surface area contributed by atoms with Crippen LogP contribution < -0.4 is 15.0 Å². The first-order valence-electron chi connectivity index (χ1n) is 17.8. The first-order chi connectivity index (χ1) is 25.7. The average molecular weight is 764 g/mol. The number of rotatable bonds is 6. The van der Waals surface area contributed by atoms with Gasteiger partial charge >= 0.3 is 18.2 Å². The predicted molar refractivity (Wildman–Crippen MR) is 195 cm³/mol. The smallest absolute Gasteiger partial charge is 0.412 e. The number of carbonyl (C=O) groups excluding carboxylic acids is 1. The molecule has 3 N–H and O–H groups in total. The van der Waals surface area contributed by atoms with Crippen molar-refractivity contribution in [3.05, 3.63) is 40.5 Å². The third-order valence-corrected chi connectivity index (χ3v) is 11.7. The summed E-state index contributed by atoms with van der Waals surface area (Å²) in [6.07, 6.45) is -0.469. The first-order valence-corrected chi connectivity index (χ1v) is 18.6. The number of aliphatic hydroxyl groups is 1. The number of thiophene rings is 1. The number of fused-ring (bicyclic) bond motifs is 6. The molecule has 0 aliphatic carbocycles. The van der Waals surface area contributed by atoms with Gasteiger partial charge in [0.15, 0.2) is 5.82 Å². The molecule has 284 valence electrons. The second-order valence-electron chi connectivity index (χ2n) is 15.3. The normalized spacial score (nSPS) is 22.6. The lowest BCUT2D eigenvalue weighted by atomic mass is 9.90. The van der Waals surface area contributed by atoms with Gasteiger partial charge in [0, 0.05) is 59.0 Å². The lowest BCUT2D eigenvalue weighted by Gasteiger charge is -2.41. The molecule has 3 saturated heterocycles. The van der Waals surface area contributed by atoms with Crippen LogP contribution in [0.5, 0.6) is 6.01 Å². The van der Waals surface area contributed by atoms with Gasteiger partial charge in [-0.3, -0.25) is 10.2 Å². The maximum absolute atomic E-state index is 17.6. The molecule has 2 aromatic heterocycles. The number of anilines is 2. The largest absolute Gasteiger partial charge is 0.465 e. The average Bonchev–Trinajstić information content (AvgIpc) is 3.86. The summed E-state index contributed by atoms with van der Waals surface area (Å²) in [4.78, 5) is 39.6. The van der Waals surface area contributed by atoms with Crippen LogP contribution in [-0.4, -0.2) is 105 Å². The van der Waals surface area contributed by atoms with Gasteiger partial charge in [0.1, 0.15) is 40.4 Å². The number of benzene rings is 2. The van der Waals surface area contributed by atoms with Crippen LogP contribution in [0.15, 0.2) is 12.1 Å². The van der Waals surface area contributed by atoms with Gasteiger partial charge in [0.25, 0.3) is 0 Å². The zero-order chi connectivity index (χ0) is 38.2. The third-order valence-electron chi connectivity index (χ3n) is 10.6. The Kier molecular flexibility index (Phi) is 8.99. The van der Waals surface area contributed by atoms with Crippen LogP contribution in [0, 0.1) is 23.0 Å². The minimum absolute atomic E-state index is 0.0443. The van der Waals surface area contributed by atoms with Crippen LogP contribution in [-0.2, 0) is 22.7 Å². The van der Waals surface area contributed by atoms with E-state index in [1.54, 1.807) is 20.8 Å². The maximum Gasteiger partial charge on any atom is 0.412 e. The lowest BCUT2D eigenvalue weighted by Crippen LogP contribution is -2.55. The highest BCUT2D eigenvalue weighted by molar-refractivity contribution is 7.23. The molecular weight excluding hydrogens is 725 g/mol. The maximum atomic E-state index is 17.6. The minimum Gasteiger partial charge on any atom is -0.465 e. The van der Waals surface area contributed by atoms with Crippen molar-refractivity contribution < 1.29 is 42.8 Å². The van der Waals surface area contributed by atoms with Crippen LogP contribution in [0.25, 0.3) is 32.1 Å². The van der Waals surface area contributed by atoms with Crippen LogP contribution in [0.2, 0.25) is 0 Å². The Balaban J connectivity index is 1.32. The number of aromatic nitrogens is 2. The van der Waals surface area contributed by atoms with Gasteiger partial charge in [0.2, 0.25) is 0 Å². The Morgan fingerprint density at radius 2 is 1.81 bits per heavy atom. The van der Waals surface area contributed by atoms with Gasteiger partial charge in [-0.2, -0.15) is 15.2 Å². The van der Waals surface area contributed by atoms with Crippen molar-refractivity contribution in [2.45, 2.75) is 83.1 Å². The summed E-state index contributed by atoms with van der Waals surface area (Å²) in [5.41, 5.74) is -0.363. The molecule has 4 aromatic rings. The van der Waals surface area contributed by atoms with Crippen molar-refractivity contribution >= 4 is 55.3 Å². The van der Waals surface area contributed by atoms with Gasteiger partial charge in [-0.05, 0) is 70.3 Å². The summed E-state index contributed by atoms with van der Waals surface area (Å²) in [5.74, 6) is -1.27. The lowest BCUT2D eigenvalue weighted by molar-refractivity contribution is 0.0636. The molecule has 2 bridgehead atoms. The molecule has 17 heteroatoms. The molecule has 2 aromatic carbocycles. The summed E-state index contributed by atoms with van der Waals surface area (Å²) >= 11 is 1.04. The van der Waals surface area contributed by atoms with E-state index in [1.807, 2.05) is 16.8 Å². The SMILES string of the molecule is CN1C[C@H](O)C[C@H]1COc1nc(N2C3CCC2CN(C(=O)O)C3)c2c3c(c(-c4c(F)ccc5sc(NC(=O)OC(C)(C)C)c(C#N)c45)c(F)c2n1)COC3. The molecular formula is C37H39F2N7O7S. The molecule has 0 radical (unpaired) electrons. The summed E-state index contributed by atoms with van der Waals surface area (Å²) in [6, 6.07) is 4.01. The topological polar surface area (TPSA) is 174 Å². The monoisotopic (exact) mass is 763 g/mol. The second kappa shape index (κ2) is 13.4. The molecule has 14 nitrogen and oxygen atoms in total. The van der Waals surface area contributed by atoms with E-state index in [2.05, 4.69) is 16.4 Å². The Labute approximate surface area is 312 Å². The highest BCUT2D eigenvalue weighted by atomic mass is 32.1. The van der Waals surface area contributed by atoms with Crippen LogP contribution >= 0.6 is 11.3 Å². The third kappa shape index (κ3) is 6.20. The molecule has 2 unspecified atom stereocenters. The minimum atomic E-state index is -1.01. The number of hydrogen-bond acceptors (Lipinski definition) is 12.